The molecule has 0 fully saturated rings. The van der Waals surface area contributed by atoms with Crippen molar-refractivity contribution in [2.75, 3.05) is 6.54 Å². The Hall–Kier alpha value is -1.19. The number of thiazole rings is 1. The summed E-state index contributed by atoms with van der Waals surface area (Å²) < 4.78 is 0. The molecule has 0 aliphatic carbocycles. The first-order chi connectivity index (χ1) is 8.74. The third kappa shape index (κ3) is 4.24. The highest BCUT2D eigenvalue weighted by Gasteiger charge is 2.03. The molecule has 1 heterocycles. The van der Waals surface area contributed by atoms with E-state index >= 15 is 0 Å². The molecule has 1 aromatic heterocycles. The molecule has 0 aliphatic heterocycles. The predicted octanol–water partition coefficient (Wildman–Crippen LogP) is 3.21. The fourth-order valence-corrected chi connectivity index (χ4v) is 2.66. The normalized spacial score (nSPS) is 12.6. The van der Waals surface area contributed by atoms with Crippen molar-refractivity contribution in [2.45, 2.75) is 32.7 Å². The van der Waals surface area contributed by atoms with Gasteiger partial charge in [0, 0.05) is 24.4 Å². The standard InChI is InChI=1S/C15H20N2S/c1-12(10-14-6-4-3-5-7-14)16-9-8-15-11-18-13(2)17-15/h3-7,11-12,16H,8-10H2,1-2H3. The molecule has 2 aromatic rings. The lowest BCUT2D eigenvalue weighted by Gasteiger charge is -2.13. The third-order valence-corrected chi connectivity index (χ3v) is 3.75. The number of aromatic nitrogens is 1. The van der Waals surface area contributed by atoms with Gasteiger partial charge >= 0.3 is 0 Å². The van der Waals surface area contributed by atoms with E-state index in [0.29, 0.717) is 6.04 Å². The van der Waals surface area contributed by atoms with E-state index in [1.165, 1.54) is 11.3 Å². The van der Waals surface area contributed by atoms with Crippen LogP contribution < -0.4 is 5.32 Å². The van der Waals surface area contributed by atoms with Gasteiger partial charge in [-0.2, -0.15) is 0 Å². The van der Waals surface area contributed by atoms with Gasteiger partial charge in [-0.1, -0.05) is 30.3 Å². The molecule has 0 radical (unpaired) electrons. The largest absolute Gasteiger partial charge is 0.314 e. The molecule has 0 amide bonds. The highest BCUT2D eigenvalue weighted by Crippen LogP contribution is 2.08. The Labute approximate surface area is 113 Å². The van der Waals surface area contributed by atoms with E-state index in [2.05, 4.69) is 59.9 Å². The fraction of sp³-hybridized carbons (Fsp3) is 0.400. The Bertz CT molecular complexity index is 464. The van der Waals surface area contributed by atoms with Crippen LogP contribution in [0.25, 0.3) is 0 Å². The molecule has 1 N–H and O–H groups in total. The van der Waals surface area contributed by atoms with Gasteiger partial charge in [0.05, 0.1) is 10.7 Å². The summed E-state index contributed by atoms with van der Waals surface area (Å²) in [5.41, 5.74) is 2.60. The third-order valence-electron chi connectivity index (χ3n) is 2.93. The van der Waals surface area contributed by atoms with E-state index in [4.69, 9.17) is 0 Å². The molecule has 96 valence electrons. The summed E-state index contributed by atoms with van der Waals surface area (Å²) >= 11 is 1.73. The number of nitrogens with zero attached hydrogens (tertiary/aromatic N) is 1. The van der Waals surface area contributed by atoms with Crippen molar-refractivity contribution in [3.8, 4) is 0 Å². The van der Waals surface area contributed by atoms with Crippen molar-refractivity contribution < 1.29 is 0 Å². The minimum atomic E-state index is 0.507. The Morgan fingerprint density at radius 3 is 2.72 bits per heavy atom. The summed E-state index contributed by atoms with van der Waals surface area (Å²) in [7, 11) is 0. The number of hydrogen-bond acceptors (Lipinski definition) is 3. The van der Waals surface area contributed by atoms with Gasteiger partial charge in [0.2, 0.25) is 0 Å². The van der Waals surface area contributed by atoms with Crippen molar-refractivity contribution in [2.24, 2.45) is 0 Å². The quantitative estimate of drug-likeness (QED) is 0.862. The van der Waals surface area contributed by atoms with Crippen LogP contribution >= 0.6 is 11.3 Å². The van der Waals surface area contributed by atoms with Crippen LogP contribution in [-0.4, -0.2) is 17.6 Å². The van der Waals surface area contributed by atoms with E-state index in [9.17, 15) is 0 Å². The van der Waals surface area contributed by atoms with Gasteiger partial charge in [0.15, 0.2) is 0 Å². The number of rotatable bonds is 6. The molecule has 0 aliphatic rings. The van der Waals surface area contributed by atoms with Crippen LogP contribution in [0.15, 0.2) is 35.7 Å². The Morgan fingerprint density at radius 2 is 2.06 bits per heavy atom. The topological polar surface area (TPSA) is 24.9 Å². The highest BCUT2D eigenvalue weighted by atomic mass is 32.1. The van der Waals surface area contributed by atoms with Crippen molar-refractivity contribution >= 4 is 11.3 Å². The van der Waals surface area contributed by atoms with Gasteiger partial charge in [0.1, 0.15) is 0 Å². The molecule has 1 atom stereocenters. The molecule has 2 nitrogen and oxygen atoms in total. The summed E-state index contributed by atoms with van der Waals surface area (Å²) in [6.07, 6.45) is 2.10. The molecule has 0 saturated carbocycles. The number of aryl methyl sites for hydroxylation is 1. The van der Waals surface area contributed by atoms with E-state index < -0.39 is 0 Å². The van der Waals surface area contributed by atoms with E-state index in [1.807, 2.05) is 0 Å². The van der Waals surface area contributed by atoms with Crippen LogP contribution in [0.3, 0.4) is 0 Å². The van der Waals surface area contributed by atoms with E-state index in [1.54, 1.807) is 11.3 Å². The molecular weight excluding hydrogens is 240 g/mol. The Morgan fingerprint density at radius 1 is 1.28 bits per heavy atom. The first kappa shape index (κ1) is 13.2. The fourth-order valence-electron chi connectivity index (χ4n) is 2.01. The average Bonchev–Trinajstić information content (AvgIpc) is 2.76. The maximum atomic E-state index is 4.47. The summed E-state index contributed by atoms with van der Waals surface area (Å²) in [6, 6.07) is 11.1. The lowest BCUT2D eigenvalue weighted by molar-refractivity contribution is 0.546. The van der Waals surface area contributed by atoms with Gasteiger partial charge in [-0.25, -0.2) is 4.98 Å². The zero-order valence-corrected chi connectivity index (χ0v) is 11.8. The first-order valence-electron chi connectivity index (χ1n) is 6.42. The van der Waals surface area contributed by atoms with Gasteiger partial charge in [-0.15, -0.1) is 11.3 Å². The minimum absolute atomic E-state index is 0.507. The zero-order chi connectivity index (χ0) is 12.8. The lowest BCUT2D eigenvalue weighted by Crippen LogP contribution is -2.30. The second-order valence-corrected chi connectivity index (χ2v) is 5.71. The Balaban J connectivity index is 1.70. The molecule has 1 unspecified atom stereocenters. The molecule has 0 spiro atoms. The van der Waals surface area contributed by atoms with Crippen molar-refractivity contribution in [3.05, 3.63) is 52.0 Å². The van der Waals surface area contributed by atoms with Crippen LogP contribution in [0.2, 0.25) is 0 Å². The second-order valence-electron chi connectivity index (χ2n) is 4.65. The highest BCUT2D eigenvalue weighted by molar-refractivity contribution is 7.09. The zero-order valence-electron chi connectivity index (χ0n) is 11.0. The van der Waals surface area contributed by atoms with Crippen LogP contribution in [0.5, 0.6) is 0 Å². The Kier molecular flexibility index (Phi) is 4.90. The molecular formula is C15H20N2S. The first-order valence-corrected chi connectivity index (χ1v) is 7.30. The average molecular weight is 260 g/mol. The second kappa shape index (κ2) is 6.66. The summed E-state index contributed by atoms with van der Waals surface area (Å²) in [5.74, 6) is 0. The minimum Gasteiger partial charge on any atom is -0.314 e. The van der Waals surface area contributed by atoms with Gasteiger partial charge < -0.3 is 5.32 Å². The number of nitrogens with one attached hydrogen (secondary N) is 1. The van der Waals surface area contributed by atoms with Crippen molar-refractivity contribution in [1.29, 1.82) is 0 Å². The van der Waals surface area contributed by atoms with Crippen molar-refractivity contribution in [3.63, 3.8) is 0 Å². The van der Waals surface area contributed by atoms with Crippen LogP contribution in [0.4, 0.5) is 0 Å². The molecule has 18 heavy (non-hydrogen) atoms. The monoisotopic (exact) mass is 260 g/mol. The SMILES string of the molecule is Cc1nc(CCNC(C)Cc2ccccc2)cs1. The summed E-state index contributed by atoms with van der Waals surface area (Å²) in [4.78, 5) is 4.47. The molecule has 2 rings (SSSR count). The molecule has 3 heteroatoms. The van der Waals surface area contributed by atoms with Gasteiger partial charge in [-0.3, -0.25) is 0 Å². The number of benzene rings is 1. The van der Waals surface area contributed by atoms with E-state index in [0.717, 1.165) is 24.4 Å². The lowest BCUT2D eigenvalue weighted by atomic mass is 10.1. The maximum Gasteiger partial charge on any atom is 0.0897 e. The molecule has 0 saturated heterocycles. The predicted molar refractivity (Wildman–Crippen MR) is 78.2 cm³/mol. The van der Waals surface area contributed by atoms with Crippen molar-refractivity contribution in [1.82, 2.24) is 10.3 Å². The van der Waals surface area contributed by atoms with E-state index in [-0.39, 0.29) is 0 Å². The van der Waals surface area contributed by atoms with Crippen LogP contribution in [0, 0.1) is 6.92 Å². The maximum absolute atomic E-state index is 4.47. The van der Waals surface area contributed by atoms with Gasteiger partial charge in [0.25, 0.3) is 0 Å². The van der Waals surface area contributed by atoms with Crippen LogP contribution in [-0.2, 0) is 12.8 Å². The number of hydrogen-bond donors (Lipinski definition) is 1. The van der Waals surface area contributed by atoms with Crippen LogP contribution in [0.1, 0.15) is 23.2 Å². The summed E-state index contributed by atoms with van der Waals surface area (Å²) in [6.45, 7) is 5.29. The summed E-state index contributed by atoms with van der Waals surface area (Å²) in [5, 5.41) is 6.86. The smallest absolute Gasteiger partial charge is 0.0897 e. The molecule has 1 aromatic carbocycles. The van der Waals surface area contributed by atoms with Gasteiger partial charge in [-0.05, 0) is 25.8 Å². The molecule has 0 bridgehead atoms.